The fraction of sp³-hybridized carbons (Fsp3) is 0.167. The lowest BCUT2D eigenvalue weighted by Crippen LogP contribution is -2.11. The Balaban J connectivity index is 2.48. The maximum atomic E-state index is 13.1. The molecule has 0 saturated heterocycles. The van der Waals surface area contributed by atoms with Gasteiger partial charge in [-0.15, -0.1) is 0 Å². The molecule has 0 N–H and O–H groups in total. The average Bonchev–Trinajstić information content (AvgIpc) is 2.32. The molecule has 1 heterocycles. The second kappa shape index (κ2) is 4.36. The Bertz CT molecular complexity index is 579. The van der Waals surface area contributed by atoms with E-state index in [4.69, 9.17) is 0 Å². The molecule has 0 atom stereocenters. The number of alkyl halides is 3. The van der Waals surface area contributed by atoms with Crippen LogP contribution in [0, 0.1) is 12.7 Å². The number of hydrogen-bond donors (Lipinski definition) is 0. The van der Waals surface area contributed by atoms with Crippen molar-refractivity contribution in [1.29, 1.82) is 0 Å². The Morgan fingerprint density at radius 1 is 1.11 bits per heavy atom. The van der Waals surface area contributed by atoms with E-state index in [1.54, 1.807) is 0 Å². The van der Waals surface area contributed by atoms with Crippen LogP contribution in [0.4, 0.5) is 17.6 Å². The number of benzene rings is 1. The highest BCUT2D eigenvalue weighted by atomic mass is 19.4. The molecule has 0 saturated carbocycles. The highest BCUT2D eigenvalue weighted by Crippen LogP contribution is 2.28. The van der Waals surface area contributed by atoms with Crippen LogP contribution in [-0.4, -0.2) is 9.97 Å². The molecule has 0 unspecified atom stereocenters. The zero-order chi connectivity index (χ0) is 13.3. The Morgan fingerprint density at radius 2 is 1.83 bits per heavy atom. The summed E-state index contributed by atoms with van der Waals surface area (Å²) >= 11 is 0. The van der Waals surface area contributed by atoms with Crippen molar-refractivity contribution in [2.24, 2.45) is 0 Å². The SMILES string of the molecule is Cc1cc(-c2ccnc(C(F)(F)F)n2)ccc1F. The van der Waals surface area contributed by atoms with E-state index in [9.17, 15) is 17.6 Å². The van der Waals surface area contributed by atoms with E-state index < -0.39 is 17.8 Å². The van der Waals surface area contributed by atoms with E-state index >= 15 is 0 Å². The topological polar surface area (TPSA) is 25.8 Å². The first-order chi connectivity index (χ1) is 8.38. The van der Waals surface area contributed by atoms with Gasteiger partial charge in [0.05, 0.1) is 5.69 Å². The normalized spacial score (nSPS) is 11.6. The molecule has 2 nitrogen and oxygen atoms in total. The molecule has 2 rings (SSSR count). The predicted octanol–water partition coefficient (Wildman–Crippen LogP) is 3.61. The van der Waals surface area contributed by atoms with Gasteiger partial charge < -0.3 is 0 Å². The van der Waals surface area contributed by atoms with Crippen LogP contribution in [0.3, 0.4) is 0 Å². The molecule has 2 aromatic rings. The second-order valence-electron chi connectivity index (χ2n) is 3.73. The molecule has 0 fully saturated rings. The monoisotopic (exact) mass is 256 g/mol. The van der Waals surface area contributed by atoms with Gasteiger partial charge in [0.1, 0.15) is 5.82 Å². The smallest absolute Gasteiger partial charge is 0.233 e. The second-order valence-corrected chi connectivity index (χ2v) is 3.73. The highest BCUT2D eigenvalue weighted by Gasteiger charge is 2.34. The quantitative estimate of drug-likeness (QED) is 0.728. The van der Waals surface area contributed by atoms with Gasteiger partial charge in [-0.1, -0.05) is 0 Å². The summed E-state index contributed by atoms with van der Waals surface area (Å²) < 4.78 is 50.4. The lowest BCUT2D eigenvalue weighted by molar-refractivity contribution is -0.144. The highest BCUT2D eigenvalue weighted by molar-refractivity contribution is 5.59. The van der Waals surface area contributed by atoms with Crippen LogP contribution in [0.15, 0.2) is 30.5 Å². The van der Waals surface area contributed by atoms with Gasteiger partial charge in [-0.2, -0.15) is 13.2 Å². The van der Waals surface area contributed by atoms with E-state index in [1.165, 1.54) is 31.2 Å². The van der Waals surface area contributed by atoms with Crippen molar-refractivity contribution < 1.29 is 17.6 Å². The third-order valence-corrected chi connectivity index (χ3v) is 2.36. The van der Waals surface area contributed by atoms with Gasteiger partial charge in [-0.3, -0.25) is 0 Å². The van der Waals surface area contributed by atoms with E-state index in [-0.39, 0.29) is 5.69 Å². The molecular weight excluding hydrogens is 248 g/mol. The van der Waals surface area contributed by atoms with Crippen LogP contribution >= 0.6 is 0 Å². The third-order valence-electron chi connectivity index (χ3n) is 2.36. The summed E-state index contributed by atoms with van der Waals surface area (Å²) in [6.07, 6.45) is -3.56. The van der Waals surface area contributed by atoms with Gasteiger partial charge in [-0.05, 0) is 36.8 Å². The number of halogens is 4. The van der Waals surface area contributed by atoms with Crippen LogP contribution in [0.1, 0.15) is 11.4 Å². The fourth-order valence-corrected chi connectivity index (χ4v) is 1.46. The minimum Gasteiger partial charge on any atom is -0.233 e. The van der Waals surface area contributed by atoms with E-state index in [0.717, 1.165) is 6.20 Å². The van der Waals surface area contributed by atoms with Crippen molar-refractivity contribution in [1.82, 2.24) is 9.97 Å². The number of aryl methyl sites for hydroxylation is 1. The first-order valence-electron chi connectivity index (χ1n) is 5.04. The molecule has 1 aromatic carbocycles. The summed E-state index contributed by atoms with van der Waals surface area (Å²) in [6.45, 7) is 1.53. The number of rotatable bonds is 1. The zero-order valence-electron chi connectivity index (χ0n) is 9.29. The Labute approximate surface area is 100 Å². The molecular formula is C12H8F4N2. The molecule has 0 spiro atoms. The summed E-state index contributed by atoms with van der Waals surface area (Å²) in [5.41, 5.74) is 0.877. The van der Waals surface area contributed by atoms with Crippen molar-refractivity contribution in [2.75, 3.05) is 0 Å². The summed E-state index contributed by atoms with van der Waals surface area (Å²) in [7, 11) is 0. The van der Waals surface area contributed by atoms with Crippen LogP contribution in [0.25, 0.3) is 11.3 Å². The molecule has 0 aliphatic rings. The van der Waals surface area contributed by atoms with E-state index in [0.29, 0.717) is 11.1 Å². The number of nitrogens with zero attached hydrogens (tertiary/aromatic N) is 2. The molecule has 0 radical (unpaired) electrons. The first kappa shape index (κ1) is 12.5. The van der Waals surface area contributed by atoms with Gasteiger partial charge >= 0.3 is 6.18 Å². The van der Waals surface area contributed by atoms with E-state index in [2.05, 4.69) is 9.97 Å². The molecule has 0 amide bonds. The van der Waals surface area contributed by atoms with Crippen LogP contribution in [-0.2, 0) is 6.18 Å². The predicted molar refractivity (Wildman–Crippen MR) is 57.2 cm³/mol. The molecule has 0 bridgehead atoms. The number of aromatic nitrogens is 2. The van der Waals surface area contributed by atoms with Crippen molar-refractivity contribution in [3.63, 3.8) is 0 Å². The Morgan fingerprint density at radius 3 is 2.44 bits per heavy atom. The van der Waals surface area contributed by atoms with Gasteiger partial charge in [0, 0.05) is 11.8 Å². The van der Waals surface area contributed by atoms with E-state index in [1.807, 2.05) is 0 Å². The fourth-order valence-electron chi connectivity index (χ4n) is 1.46. The van der Waals surface area contributed by atoms with Crippen LogP contribution in [0.2, 0.25) is 0 Å². The maximum Gasteiger partial charge on any atom is 0.451 e. The Kier molecular flexibility index (Phi) is 3.02. The molecule has 6 heteroatoms. The molecule has 18 heavy (non-hydrogen) atoms. The lowest BCUT2D eigenvalue weighted by Gasteiger charge is -2.07. The van der Waals surface area contributed by atoms with Gasteiger partial charge in [0.15, 0.2) is 0 Å². The maximum absolute atomic E-state index is 13.1. The van der Waals surface area contributed by atoms with Crippen molar-refractivity contribution in [2.45, 2.75) is 13.1 Å². The summed E-state index contributed by atoms with van der Waals surface area (Å²) in [4.78, 5) is 6.59. The summed E-state index contributed by atoms with van der Waals surface area (Å²) in [5, 5.41) is 0. The van der Waals surface area contributed by atoms with Gasteiger partial charge in [0.25, 0.3) is 0 Å². The lowest BCUT2D eigenvalue weighted by atomic mass is 10.1. The molecule has 0 aliphatic carbocycles. The van der Waals surface area contributed by atoms with Gasteiger partial charge in [0.2, 0.25) is 5.82 Å². The largest absolute Gasteiger partial charge is 0.451 e. The van der Waals surface area contributed by atoms with Crippen molar-refractivity contribution >= 4 is 0 Å². The minimum atomic E-state index is -4.59. The summed E-state index contributed by atoms with van der Waals surface area (Å²) in [6, 6.07) is 5.37. The minimum absolute atomic E-state index is 0.112. The molecule has 1 aromatic heterocycles. The van der Waals surface area contributed by atoms with Gasteiger partial charge in [-0.25, -0.2) is 14.4 Å². The van der Waals surface area contributed by atoms with Crippen molar-refractivity contribution in [3.05, 3.63) is 47.7 Å². The average molecular weight is 256 g/mol. The molecule has 0 aliphatic heterocycles. The Hall–Kier alpha value is -1.98. The first-order valence-corrected chi connectivity index (χ1v) is 5.04. The number of hydrogen-bond acceptors (Lipinski definition) is 2. The standard InChI is InChI=1S/C12H8F4N2/c1-7-6-8(2-3-9(7)13)10-4-5-17-11(18-10)12(14,15)16/h2-6H,1H3. The van der Waals surface area contributed by atoms with Crippen LogP contribution < -0.4 is 0 Å². The third kappa shape index (κ3) is 2.47. The zero-order valence-corrected chi connectivity index (χ0v) is 9.29. The molecule has 94 valence electrons. The summed E-state index contributed by atoms with van der Waals surface area (Å²) in [5.74, 6) is -1.62. The van der Waals surface area contributed by atoms with Crippen molar-refractivity contribution in [3.8, 4) is 11.3 Å². The van der Waals surface area contributed by atoms with Crippen LogP contribution in [0.5, 0.6) is 0 Å².